The van der Waals surface area contributed by atoms with Crippen LogP contribution >= 0.6 is 0 Å². The molecule has 2 N–H and O–H groups in total. The smallest absolute Gasteiger partial charge is 0.244 e. The molecule has 0 saturated carbocycles. The van der Waals surface area contributed by atoms with Crippen molar-refractivity contribution in [2.75, 3.05) is 33.3 Å². The Morgan fingerprint density at radius 2 is 1.50 bits per heavy atom. The summed E-state index contributed by atoms with van der Waals surface area (Å²) >= 11 is 0. The van der Waals surface area contributed by atoms with Gasteiger partial charge in [-0.1, -0.05) is 60.7 Å². The Hall–Kier alpha value is -2.71. The molecule has 180 valence electrons. The van der Waals surface area contributed by atoms with Crippen LogP contribution in [0.15, 0.2) is 77.7 Å². The summed E-state index contributed by atoms with van der Waals surface area (Å²) in [6, 6.07) is 23.8. The molecule has 0 amide bonds. The van der Waals surface area contributed by atoms with Crippen LogP contribution in [0.4, 0.5) is 0 Å². The van der Waals surface area contributed by atoms with Gasteiger partial charge in [0.05, 0.1) is 7.11 Å². The van der Waals surface area contributed by atoms with Crippen molar-refractivity contribution in [2.24, 2.45) is 0 Å². The maximum Gasteiger partial charge on any atom is 0.244 e. The first kappa shape index (κ1) is 24.4. The number of likely N-dealkylation sites (tertiary alicyclic amines) is 1. The quantitative estimate of drug-likeness (QED) is 0.435. The van der Waals surface area contributed by atoms with Crippen molar-refractivity contribution in [2.45, 2.75) is 30.8 Å². The van der Waals surface area contributed by atoms with E-state index in [2.05, 4.69) is 39.2 Å². The molecule has 1 aliphatic heterocycles. The standard InChI is InChI=1S/C27H33N3O3S/c1-33-26-14-13-25(19-27(26)34(31,32)29-15-18-30-16-5-6-17-30)24-11-9-23(10-12-24)21-28-20-22-7-3-2-4-8-22/h2-4,7-14,19,28-29H,5-6,15-18,20-21H2,1H3. The van der Waals surface area contributed by atoms with Crippen molar-refractivity contribution in [1.29, 1.82) is 0 Å². The molecule has 3 aromatic rings. The third kappa shape index (κ3) is 6.45. The number of nitrogens with zero attached hydrogens (tertiary/aromatic N) is 1. The van der Waals surface area contributed by atoms with E-state index in [0.717, 1.165) is 43.9 Å². The second-order valence-corrected chi connectivity index (χ2v) is 10.3. The zero-order valence-electron chi connectivity index (χ0n) is 19.7. The van der Waals surface area contributed by atoms with Crippen LogP contribution in [0.5, 0.6) is 5.75 Å². The normalized spacial score (nSPS) is 14.4. The van der Waals surface area contributed by atoms with Gasteiger partial charge in [-0.15, -0.1) is 0 Å². The number of benzene rings is 3. The molecular formula is C27H33N3O3S. The minimum atomic E-state index is -3.68. The van der Waals surface area contributed by atoms with Gasteiger partial charge in [-0.05, 0) is 60.3 Å². The van der Waals surface area contributed by atoms with E-state index in [9.17, 15) is 8.42 Å². The van der Waals surface area contributed by atoms with Crippen LogP contribution in [0.1, 0.15) is 24.0 Å². The van der Waals surface area contributed by atoms with E-state index in [4.69, 9.17) is 4.74 Å². The van der Waals surface area contributed by atoms with Gasteiger partial charge in [-0.2, -0.15) is 0 Å². The lowest BCUT2D eigenvalue weighted by atomic mass is 10.0. The van der Waals surface area contributed by atoms with Crippen molar-refractivity contribution < 1.29 is 13.2 Å². The van der Waals surface area contributed by atoms with Gasteiger partial charge in [0.1, 0.15) is 10.6 Å². The van der Waals surface area contributed by atoms with Gasteiger partial charge in [0.2, 0.25) is 10.0 Å². The van der Waals surface area contributed by atoms with Crippen LogP contribution in [0.25, 0.3) is 11.1 Å². The Labute approximate surface area is 203 Å². The molecular weight excluding hydrogens is 446 g/mol. The minimum Gasteiger partial charge on any atom is -0.495 e. The maximum atomic E-state index is 13.0. The molecule has 0 spiro atoms. The lowest BCUT2D eigenvalue weighted by Gasteiger charge is -2.16. The van der Waals surface area contributed by atoms with E-state index in [1.165, 1.54) is 31.1 Å². The summed E-state index contributed by atoms with van der Waals surface area (Å²) in [7, 11) is -2.19. The lowest BCUT2D eigenvalue weighted by molar-refractivity contribution is 0.344. The number of ether oxygens (including phenoxy) is 1. The summed E-state index contributed by atoms with van der Waals surface area (Å²) in [6.07, 6.45) is 2.37. The van der Waals surface area contributed by atoms with Crippen LogP contribution in [-0.4, -0.2) is 46.6 Å². The van der Waals surface area contributed by atoms with Crippen LogP contribution in [-0.2, 0) is 23.1 Å². The molecule has 0 unspecified atom stereocenters. The predicted molar refractivity (Wildman–Crippen MR) is 136 cm³/mol. The van der Waals surface area contributed by atoms with Crippen molar-refractivity contribution in [3.05, 3.63) is 83.9 Å². The first-order valence-electron chi connectivity index (χ1n) is 11.8. The van der Waals surface area contributed by atoms with Gasteiger partial charge in [-0.25, -0.2) is 13.1 Å². The van der Waals surface area contributed by atoms with Gasteiger partial charge in [0, 0.05) is 26.2 Å². The van der Waals surface area contributed by atoms with Crippen molar-refractivity contribution in [3.63, 3.8) is 0 Å². The molecule has 3 aromatic carbocycles. The van der Waals surface area contributed by atoms with Crippen molar-refractivity contribution in [1.82, 2.24) is 14.9 Å². The third-order valence-corrected chi connectivity index (χ3v) is 7.64. The highest BCUT2D eigenvalue weighted by atomic mass is 32.2. The molecule has 0 atom stereocenters. The molecule has 1 aliphatic rings. The highest BCUT2D eigenvalue weighted by Crippen LogP contribution is 2.30. The Balaban J connectivity index is 1.41. The second kappa shape index (κ2) is 11.6. The van der Waals surface area contributed by atoms with E-state index in [1.54, 1.807) is 12.1 Å². The molecule has 0 aromatic heterocycles. The summed E-state index contributed by atoms with van der Waals surface area (Å²) in [5, 5.41) is 3.45. The van der Waals surface area contributed by atoms with Gasteiger partial charge >= 0.3 is 0 Å². The largest absolute Gasteiger partial charge is 0.495 e. The number of sulfonamides is 1. The van der Waals surface area contributed by atoms with Gasteiger partial charge < -0.3 is 15.0 Å². The van der Waals surface area contributed by atoms with Gasteiger partial charge in [0.15, 0.2) is 0 Å². The van der Waals surface area contributed by atoms with Crippen LogP contribution in [0, 0.1) is 0 Å². The SMILES string of the molecule is COc1ccc(-c2ccc(CNCc3ccccc3)cc2)cc1S(=O)(=O)NCCN1CCCC1. The number of rotatable bonds is 11. The first-order chi connectivity index (χ1) is 16.5. The highest BCUT2D eigenvalue weighted by Gasteiger charge is 2.21. The van der Waals surface area contributed by atoms with Crippen molar-refractivity contribution >= 4 is 10.0 Å². The van der Waals surface area contributed by atoms with E-state index in [-0.39, 0.29) is 4.90 Å². The molecule has 0 bridgehead atoms. The van der Waals surface area contributed by atoms with Gasteiger partial charge in [0.25, 0.3) is 0 Å². The Kier molecular flexibility index (Phi) is 8.34. The lowest BCUT2D eigenvalue weighted by Crippen LogP contribution is -2.33. The Morgan fingerprint density at radius 1 is 0.853 bits per heavy atom. The fraction of sp³-hybridized carbons (Fsp3) is 0.333. The number of hydrogen-bond acceptors (Lipinski definition) is 5. The fourth-order valence-electron chi connectivity index (χ4n) is 4.25. The summed E-state index contributed by atoms with van der Waals surface area (Å²) in [5.41, 5.74) is 4.22. The van der Waals surface area contributed by atoms with E-state index in [0.29, 0.717) is 12.3 Å². The summed E-state index contributed by atoms with van der Waals surface area (Å²) < 4.78 is 34.2. The molecule has 34 heavy (non-hydrogen) atoms. The number of nitrogens with one attached hydrogen (secondary N) is 2. The zero-order valence-corrected chi connectivity index (χ0v) is 20.5. The van der Waals surface area contributed by atoms with E-state index >= 15 is 0 Å². The van der Waals surface area contributed by atoms with Crippen LogP contribution < -0.4 is 14.8 Å². The van der Waals surface area contributed by atoms with Gasteiger partial charge in [-0.3, -0.25) is 0 Å². The zero-order chi connectivity index (χ0) is 23.8. The summed E-state index contributed by atoms with van der Waals surface area (Å²) in [5.74, 6) is 0.346. The third-order valence-electron chi connectivity index (χ3n) is 6.16. The summed E-state index contributed by atoms with van der Waals surface area (Å²) in [4.78, 5) is 2.45. The molecule has 0 aliphatic carbocycles. The molecule has 1 fully saturated rings. The predicted octanol–water partition coefficient (Wildman–Crippen LogP) is 4.03. The topological polar surface area (TPSA) is 70.7 Å². The monoisotopic (exact) mass is 479 g/mol. The Morgan fingerprint density at radius 3 is 2.18 bits per heavy atom. The van der Waals surface area contributed by atoms with Crippen LogP contribution in [0.3, 0.4) is 0 Å². The number of hydrogen-bond donors (Lipinski definition) is 2. The second-order valence-electron chi connectivity index (χ2n) is 8.60. The average Bonchev–Trinajstić information content (AvgIpc) is 3.38. The molecule has 1 saturated heterocycles. The first-order valence-corrected chi connectivity index (χ1v) is 13.3. The minimum absolute atomic E-state index is 0.169. The molecule has 4 rings (SSSR count). The van der Waals surface area contributed by atoms with E-state index in [1.807, 2.05) is 36.4 Å². The van der Waals surface area contributed by atoms with Crippen LogP contribution in [0.2, 0.25) is 0 Å². The molecule has 6 nitrogen and oxygen atoms in total. The molecule has 7 heteroatoms. The summed E-state index contributed by atoms with van der Waals surface area (Å²) in [6.45, 7) is 4.77. The molecule has 0 radical (unpaired) electrons. The van der Waals surface area contributed by atoms with E-state index < -0.39 is 10.0 Å². The average molecular weight is 480 g/mol. The number of methoxy groups -OCH3 is 1. The van der Waals surface area contributed by atoms with Crippen molar-refractivity contribution in [3.8, 4) is 16.9 Å². The maximum absolute atomic E-state index is 13.0. The Bertz CT molecular complexity index is 1160. The highest BCUT2D eigenvalue weighted by molar-refractivity contribution is 7.89. The fourth-order valence-corrected chi connectivity index (χ4v) is 5.46. The molecule has 1 heterocycles.